The minimum absolute atomic E-state index is 0. The van der Waals surface area contributed by atoms with Gasteiger partial charge in [-0.05, 0) is 28.8 Å². The molecule has 1 heterocycles. The summed E-state index contributed by atoms with van der Waals surface area (Å²) < 4.78 is 0. The van der Waals surface area contributed by atoms with E-state index in [1.807, 2.05) is 16.8 Å². The summed E-state index contributed by atoms with van der Waals surface area (Å²) in [6.45, 7) is 0. The Balaban J connectivity index is 0.000001000. The molecule has 0 unspecified atom stereocenters. The average Bonchev–Trinajstić information content (AvgIpc) is 2.34. The SMILES string of the molecule is Cl.O=C(O)CCc1ccsc1. The minimum Gasteiger partial charge on any atom is -0.481 e. The zero-order chi connectivity index (χ0) is 7.40. The van der Waals surface area contributed by atoms with Crippen molar-refractivity contribution in [1.29, 1.82) is 0 Å². The predicted molar refractivity (Wildman–Crippen MR) is 47.5 cm³/mol. The molecule has 0 saturated heterocycles. The molecule has 0 aliphatic heterocycles. The smallest absolute Gasteiger partial charge is 0.303 e. The van der Waals surface area contributed by atoms with Crippen molar-refractivity contribution in [2.45, 2.75) is 12.8 Å². The van der Waals surface area contributed by atoms with E-state index in [-0.39, 0.29) is 18.8 Å². The molecule has 1 rings (SSSR count). The molecule has 0 atom stereocenters. The van der Waals surface area contributed by atoms with Crippen molar-refractivity contribution in [2.75, 3.05) is 0 Å². The van der Waals surface area contributed by atoms with Crippen LogP contribution in [0.4, 0.5) is 0 Å². The van der Waals surface area contributed by atoms with E-state index in [1.54, 1.807) is 11.3 Å². The van der Waals surface area contributed by atoms with Gasteiger partial charge >= 0.3 is 5.97 Å². The quantitative estimate of drug-likeness (QED) is 0.797. The first-order chi connectivity index (χ1) is 4.79. The summed E-state index contributed by atoms with van der Waals surface area (Å²) in [7, 11) is 0. The normalized spacial score (nSPS) is 8.73. The first-order valence-corrected chi connectivity index (χ1v) is 3.96. The summed E-state index contributed by atoms with van der Waals surface area (Å²) in [5.41, 5.74) is 1.12. The topological polar surface area (TPSA) is 37.3 Å². The van der Waals surface area contributed by atoms with Crippen LogP contribution in [0.2, 0.25) is 0 Å². The second-order valence-corrected chi connectivity index (χ2v) is 2.81. The molecule has 0 saturated carbocycles. The second-order valence-electron chi connectivity index (χ2n) is 2.03. The summed E-state index contributed by atoms with van der Waals surface area (Å²) in [6, 6.07) is 1.95. The second kappa shape index (κ2) is 5.16. The van der Waals surface area contributed by atoms with Crippen LogP contribution in [0.15, 0.2) is 16.8 Å². The van der Waals surface area contributed by atoms with Crippen LogP contribution in [-0.4, -0.2) is 11.1 Å². The predicted octanol–water partition coefficient (Wildman–Crippen LogP) is 2.19. The largest absolute Gasteiger partial charge is 0.481 e. The molecule has 2 nitrogen and oxygen atoms in total. The van der Waals surface area contributed by atoms with E-state index in [2.05, 4.69) is 0 Å². The Labute approximate surface area is 75.3 Å². The van der Waals surface area contributed by atoms with Crippen molar-refractivity contribution >= 4 is 29.7 Å². The molecule has 62 valence electrons. The molecule has 0 bridgehead atoms. The van der Waals surface area contributed by atoms with Gasteiger partial charge in [0.2, 0.25) is 0 Å². The van der Waals surface area contributed by atoms with E-state index in [0.717, 1.165) is 5.56 Å². The summed E-state index contributed by atoms with van der Waals surface area (Å²) >= 11 is 1.60. The Hall–Kier alpha value is -0.540. The maximum absolute atomic E-state index is 10.1. The van der Waals surface area contributed by atoms with E-state index in [4.69, 9.17) is 5.11 Å². The van der Waals surface area contributed by atoms with Crippen LogP contribution in [0.3, 0.4) is 0 Å². The van der Waals surface area contributed by atoms with Crippen molar-refractivity contribution in [1.82, 2.24) is 0 Å². The standard InChI is InChI=1S/C7H8O2S.ClH/c8-7(9)2-1-6-3-4-10-5-6;/h3-5H,1-2H2,(H,8,9);1H. The molecule has 1 N–H and O–H groups in total. The third kappa shape index (κ3) is 4.01. The van der Waals surface area contributed by atoms with Gasteiger partial charge in [-0.2, -0.15) is 11.3 Å². The molecule has 11 heavy (non-hydrogen) atoms. The van der Waals surface area contributed by atoms with Gasteiger partial charge in [-0.1, -0.05) is 0 Å². The lowest BCUT2D eigenvalue weighted by molar-refractivity contribution is -0.136. The van der Waals surface area contributed by atoms with Crippen LogP contribution in [0, 0.1) is 0 Å². The first-order valence-electron chi connectivity index (χ1n) is 3.02. The molecule has 0 spiro atoms. The Bertz CT molecular complexity index is 208. The van der Waals surface area contributed by atoms with Gasteiger partial charge < -0.3 is 5.11 Å². The van der Waals surface area contributed by atoms with E-state index < -0.39 is 5.97 Å². The zero-order valence-corrected chi connectivity index (χ0v) is 7.45. The van der Waals surface area contributed by atoms with Crippen LogP contribution in [0.1, 0.15) is 12.0 Å². The van der Waals surface area contributed by atoms with Crippen LogP contribution in [0.25, 0.3) is 0 Å². The molecule has 0 aliphatic carbocycles. The molecule has 1 aromatic rings. The van der Waals surface area contributed by atoms with Gasteiger partial charge in [0.1, 0.15) is 0 Å². The summed E-state index contributed by atoms with van der Waals surface area (Å²) in [6.07, 6.45) is 0.884. The van der Waals surface area contributed by atoms with Gasteiger partial charge in [0, 0.05) is 6.42 Å². The number of thiophene rings is 1. The summed E-state index contributed by atoms with van der Waals surface area (Å²) in [5.74, 6) is -0.730. The van der Waals surface area contributed by atoms with Crippen molar-refractivity contribution < 1.29 is 9.90 Å². The lowest BCUT2D eigenvalue weighted by atomic mass is 10.2. The molecule has 4 heteroatoms. The third-order valence-corrected chi connectivity index (χ3v) is 1.94. The fourth-order valence-corrected chi connectivity index (χ4v) is 1.39. The van der Waals surface area contributed by atoms with Gasteiger partial charge in [0.15, 0.2) is 0 Å². The van der Waals surface area contributed by atoms with Crippen LogP contribution >= 0.6 is 23.7 Å². The number of carbonyl (C=O) groups is 1. The molecule has 0 fully saturated rings. The number of hydrogen-bond acceptors (Lipinski definition) is 2. The van der Waals surface area contributed by atoms with Crippen molar-refractivity contribution in [3.8, 4) is 0 Å². The number of halogens is 1. The number of aliphatic carboxylic acids is 1. The van der Waals surface area contributed by atoms with E-state index in [9.17, 15) is 4.79 Å². The maximum Gasteiger partial charge on any atom is 0.303 e. The number of rotatable bonds is 3. The lowest BCUT2D eigenvalue weighted by Gasteiger charge is -1.89. The van der Waals surface area contributed by atoms with E-state index >= 15 is 0 Å². The van der Waals surface area contributed by atoms with Crippen molar-refractivity contribution in [2.24, 2.45) is 0 Å². The summed E-state index contributed by atoms with van der Waals surface area (Å²) in [5, 5.41) is 12.2. The zero-order valence-electron chi connectivity index (χ0n) is 5.82. The number of carboxylic acid groups (broad SMARTS) is 1. The van der Waals surface area contributed by atoms with Gasteiger partial charge in [-0.25, -0.2) is 0 Å². The lowest BCUT2D eigenvalue weighted by Crippen LogP contribution is -1.95. The highest BCUT2D eigenvalue weighted by atomic mass is 35.5. The first kappa shape index (κ1) is 10.5. The summed E-state index contributed by atoms with van der Waals surface area (Å²) in [4.78, 5) is 10.1. The fourth-order valence-electron chi connectivity index (χ4n) is 0.686. The van der Waals surface area contributed by atoms with Crippen molar-refractivity contribution in [3.63, 3.8) is 0 Å². The molecule has 0 radical (unpaired) electrons. The van der Waals surface area contributed by atoms with Crippen molar-refractivity contribution in [3.05, 3.63) is 22.4 Å². The Morgan fingerprint density at radius 1 is 1.64 bits per heavy atom. The Kier molecular flexibility index (Phi) is 4.90. The molecule has 1 aromatic heterocycles. The van der Waals surface area contributed by atoms with Gasteiger partial charge in [0.05, 0.1) is 0 Å². The van der Waals surface area contributed by atoms with Crippen LogP contribution in [-0.2, 0) is 11.2 Å². The van der Waals surface area contributed by atoms with Crippen LogP contribution < -0.4 is 0 Å². The third-order valence-electron chi connectivity index (χ3n) is 1.21. The molecule has 0 aromatic carbocycles. The van der Waals surface area contributed by atoms with E-state index in [1.165, 1.54) is 0 Å². The number of aryl methyl sites for hydroxylation is 1. The highest BCUT2D eigenvalue weighted by Gasteiger charge is 1.97. The molecular formula is C7H9ClO2S. The fraction of sp³-hybridized carbons (Fsp3) is 0.286. The molecule has 0 aliphatic rings. The molecular weight excluding hydrogens is 184 g/mol. The highest BCUT2D eigenvalue weighted by molar-refractivity contribution is 7.07. The number of hydrogen-bond donors (Lipinski definition) is 1. The Morgan fingerprint density at radius 2 is 2.36 bits per heavy atom. The van der Waals surface area contributed by atoms with Gasteiger partial charge in [-0.15, -0.1) is 12.4 Å². The highest BCUT2D eigenvalue weighted by Crippen LogP contribution is 2.07. The van der Waals surface area contributed by atoms with Gasteiger partial charge in [0.25, 0.3) is 0 Å². The maximum atomic E-state index is 10.1. The monoisotopic (exact) mass is 192 g/mol. The van der Waals surface area contributed by atoms with E-state index in [0.29, 0.717) is 6.42 Å². The Morgan fingerprint density at radius 3 is 2.82 bits per heavy atom. The minimum atomic E-state index is -0.730. The van der Waals surface area contributed by atoms with Crippen LogP contribution in [0.5, 0.6) is 0 Å². The average molecular weight is 193 g/mol. The number of carboxylic acids is 1. The van der Waals surface area contributed by atoms with Gasteiger partial charge in [-0.3, -0.25) is 4.79 Å². The molecule has 0 amide bonds.